The molecule has 5 heteroatoms. The number of anilines is 1. The van der Waals surface area contributed by atoms with Crippen molar-refractivity contribution >= 4 is 17.6 Å². The molecule has 1 N–H and O–H groups in total. The molecule has 0 aliphatic rings. The van der Waals surface area contributed by atoms with Crippen molar-refractivity contribution in [1.29, 1.82) is 0 Å². The Morgan fingerprint density at radius 2 is 1.76 bits per heavy atom. The Morgan fingerprint density at radius 1 is 1.08 bits per heavy atom. The number of hydrogen-bond acceptors (Lipinski definition) is 4. The summed E-state index contributed by atoms with van der Waals surface area (Å²) < 4.78 is 10.3. The fourth-order valence-electron chi connectivity index (χ4n) is 2.39. The first kappa shape index (κ1) is 18.5. The number of esters is 1. The third-order valence-electron chi connectivity index (χ3n) is 4.01. The number of carbonyl (C=O) groups is 2. The summed E-state index contributed by atoms with van der Waals surface area (Å²) >= 11 is 0. The molecule has 5 nitrogen and oxygen atoms in total. The van der Waals surface area contributed by atoms with Crippen LogP contribution < -0.4 is 10.1 Å². The first-order valence-corrected chi connectivity index (χ1v) is 8.25. The van der Waals surface area contributed by atoms with Gasteiger partial charge in [-0.15, -0.1) is 0 Å². The summed E-state index contributed by atoms with van der Waals surface area (Å²) in [6.45, 7) is 4.17. The number of nitrogens with one attached hydrogen (secondary N) is 1. The zero-order chi connectivity index (χ0) is 18.2. The second-order valence-electron chi connectivity index (χ2n) is 5.75. The standard InChI is InChI=1S/C20H23NO4/c1-4-14(2)17-7-5-6-8-18(17)25-13-19(22)21-16-11-9-15(10-12-16)20(23)24-3/h5-12,14H,4,13H2,1-3H3,(H,21,22)/t14-/m1/s1. The lowest BCUT2D eigenvalue weighted by molar-refractivity contribution is -0.118. The van der Waals surface area contributed by atoms with E-state index in [1.807, 2.05) is 24.3 Å². The Morgan fingerprint density at radius 3 is 2.40 bits per heavy atom. The monoisotopic (exact) mass is 341 g/mol. The lowest BCUT2D eigenvalue weighted by atomic mass is 9.98. The highest BCUT2D eigenvalue weighted by Crippen LogP contribution is 2.28. The van der Waals surface area contributed by atoms with E-state index >= 15 is 0 Å². The maximum atomic E-state index is 12.1. The Balaban J connectivity index is 1.94. The molecule has 2 aromatic carbocycles. The molecule has 0 aliphatic carbocycles. The van der Waals surface area contributed by atoms with Crippen molar-refractivity contribution in [3.63, 3.8) is 0 Å². The number of amides is 1. The zero-order valence-electron chi connectivity index (χ0n) is 14.7. The summed E-state index contributed by atoms with van der Waals surface area (Å²) in [5.74, 6) is 0.422. The molecule has 0 radical (unpaired) electrons. The van der Waals surface area contributed by atoms with Crippen molar-refractivity contribution in [3.05, 3.63) is 59.7 Å². The van der Waals surface area contributed by atoms with Crippen molar-refractivity contribution in [1.82, 2.24) is 0 Å². The third kappa shape index (κ3) is 5.08. The fourth-order valence-corrected chi connectivity index (χ4v) is 2.39. The molecule has 0 heterocycles. The van der Waals surface area contributed by atoms with E-state index in [0.29, 0.717) is 17.2 Å². The molecule has 132 valence electrons. The van der Waals surface area contributed by atoms with Crippen LogP contribution in [0.3, 0.4) is 0 Å². The van der Waals surface area contributed by atoms with Gasteiger partial charge < -0.3 is 14.8 Å². The maximum absolute atomic E-state index is 12.1. The van der Waals surface area contributed by atoms with E-state index in [0.717, 1.165) is 17.7 Å². The Kier molecular flexibility index (Phi) is 6.57. The van der Waals surface area contributed by atoms with E-state index in [2.05, 4.69) is 23.9 Å². The van der Waals surface area contributed by atoms with Gasteiger partial charge in [0.1, 0.15) is 5.75 Å². The predicted molar refractivity (Wildman–Crippen MR) is 97.1 cm³/mol. The number of ether oxygens (including phenoxy) is 2. The lowest BCUT2D eigenvalue weighted by Crippen LogP contribution is -2.20. The highest BCUT2D eigenvalue weighted by Gasteiger charge is 2.11. The smallest absolute Gasteiger partial charge is 0.337 e. The summed E-state index contributed by atoms with van der Waals surface area (Å²) in [6, 6.07) is 14.3. The molecule has 0 spiro atoms. The van der Waals surface area contributed by atoms with Gasteiger partial charge in [0.2, 0.25) is 0 Å². The van der Waals surface area contributed by atoms with Gasteiger partial charge in [-0.2, -0.15) is 0 Å². The second kappa shape index (κ2) is 8.87. The number of benzene rings is 2. The molecule has 0 saturated heterocycles. The minimum Gasteiger partial charge on any atom is -0.483 e. The van der Waals surface area contributed by atoms with Gasteiger partial charge >= 0.3 is 5.97 Å². The molecular weight excluding hydrogens is 318 g/mol. The lowest BCUT2D eigenvalue weighted by Gasteiger charge is -2.15. The van der Waals surface area contributed by atoms with E-state index in [4.69, 9.17) is 4.74 Å². The molecule has 2 aromatic rings. The molecule has 0 saturated carbocycles. The molecular formula is C20H23NO4. The summed E-state index contributed by atoms with van der Waals surface area (Å²) in [6.07, 6.45) is 0.999. The average Bonchev–Trinajstić information content (AvgIpc) is 2.66. The molecule has 0 fully saturated rings. The normalized spacial score (nSPS) is 11.5. The first-order chi connectivity index (χ1) is 12.0. The van der Waals surface area contributed by atoms with Crippen molar-refractivity contribution < 1.29 is 19.1 Å². The van der Waals surface area contributed by atoms with E-state index in [-0.39, 0.29) is 12.5 Å². The highest BCUT2D eigenvalue weighted by atomic mass is 16.5. The largest absolute Gasteiger partial charge is 0.483 e. The van der Waals surface area contributed by atoms with Crippen LogP contribution in [0.25, 0.3) is 0 Å². The van der Waals surface area contributed by atoms with Gasteiger partial charge in [-0.25, -0.2) is 4.79 Å². The minimum atomic E-state index is -0.414. The van der Waals surface area contributed by atoms with E-state index in [1.54, 1.807) is 24.3 Å². The fraction of sp³-hybridized carbons (Fsp3) is 0.300. The molecule has 0 bridgehead atoms. The molecule has 25 heavy (non-hydrogen) atoms. The van der Waals surface area contributed by atoms with Gasteiger partial charge in [-0.3, -0.25) is 4.79 Å². The third-order valence-corrected chi connectivity index (χ3v) is 4.01. The van der Waals surface area contributed by atoms with Crippen LogP contribution in [-0.2, 0) is 9.53 Å². The number of rotatable bonds is 7. The van der Waals surface area contributed by atoms with E-state index < -0.39 is 5.97 Å². The van der Waals surface area contributed by atoms with Crippen LogP contribution in [0.1, 0.15) is 42.1 Å². The van der Waals surface area contributed by atoms with Gasteiger partial charge in [0.15, 0.2) is 6.61 Å². The van der Waals surface area contributed by atoms with Crippen LogP contribution >= 0.6 is 0 Å². The van der Waals surface area contributed by atoms with E-state index in [1.165, 1.54) is 7.11 Å². The Bertz CT molecular complexity index is 725. The SMILES string of the molecule is CC[C@@H](C)c1ccccc1OCC(=O)Nc1ccc(C(=O)OC)cc1. The highest BCUT2D eigenvalue weighted by molar-refractivity contribution is 5.93. The minimum absolute atomic E-state index is 0.0772. The summed E-state index contributed by atoms with van der Waals surface area (Å²) in [7, 11) is 1.33. The van der Waals surface area contributed by atoms with Gasteiger partial charge in [-0.05, 0) is 48.2 Å². The van der Waals surface area contributed by atoms with Gasteiger partial charge in [-0.1, -0.05) is 32.0 Å². The average molecular weight is 341 g/mol. The maximum Gasteiger partial charge on any atom is 0.337 e. The zero-order valence-corrected chi connectivity index (χ0v) is 14.7. The van der Waals surface area contributed by atoms with Crippen molar-refractivity contribution in [2.45, 2.75) is 26.2 Å². The molecule has 2 rings (SSSR count). The van der Waals surface area contributed by atoms with Crippen LogP contribution in [0, 0.1) is 0 Å². The number of carbonyl (C=O) groups excluding carboxylic acids is 2. The number of methoxy groups -OCH3 is 1. The van der Waals surface area contributed by atoms with E-state index in [9.17, 15) is 9.59 Å². The van der Waals surface area contributed by atoms with Crippen molar-refractivity contribution in [2.75, 3.05) is 19.0 Å². The van der Waals surface area contributed by atoms with Crippen molar-refractivity contribution in [3.8, 4) is 5.75 Å². The topological polar surface area (TPSA) is 64.6 Å². The number of hydrogen-bond donors (Lipinski definition) is 1. The van der Waals surface area contributed by atoms with Crippen LogP contribution in [-0.4, -0.2) is 25.6 Å². The van der Waals surface area contributed by atoms with Gasteiger partial charge in [0.05, 0.1) is 12.7 Å². The van der Waals surface area contributed by atoms with Crippen LogP contribution in [0.15, 0.2) is 48.5 Å². The molecule has 0 aliphatic heterocycles. The Labute approximate surface area is 148 Å². The molecule has 1 atom stereocenters. The Hall–Kier alpha value is -2.82. The quantitative estimate of drug-likeness (QED) is 0.773. The summed E-state index contributed by atoms with van der Waals surface area (Å²) in [5, 5.41) is 2.74. The second-order valence-corrected chi connectivity index (χ2v) is 5.75. The molecule has 0 aromatic heterocycles. The summed E-state index contributed by atoms with van der Waals surface area (Å²) in [5.41, 5.74) is 2.12. The van der Waals surface area contributed by atoms with Crippen LogP contribution in [0.4, 0.5) is 5.69 Å². The number of para-hydroxylation sites is 1. The molecule has 0 unspecified atom stereocenters. The van der Waals surface area contributed by atoms with Gasteiger partial charge in [0.25, 0.3) is 5.91 Å². The van der Waals surface area contributed by atoms with Gasteiger partial charge in [0, 0.05) is 5.69 Å². The van der Waals surface area contributed by atoms with Crippen LogP contribution in [0.2, 0.25) is 0 Å². The first-order valence-electron chi connectivity index (χ1n) is 8.25. The van der Waals surface area contributed by atoms with Crippen molar-refractivity contribution in [2.24, 2.45) is 0 Å². The predicted octanol–water partition coefficient (Wildman–Crippen LogP) is 4.00. The molecule has 1 amide bonds. The summed E-state index contributed by atoms with van der Waals surface area (Å²) in [4.78, 5) is 23.5. The van der Waals surface area contributed by atoms with Crippen LogP contribution in [0.5, 0.6) is 5.75 Å².